The summed E-state index contributed by atoms with van der Waals surface area (Å²) in [5.74, 6) is 2.24. The van der Waals surface area contributed by atoms with Crippen LogP contribution in [0.2, 0.25) is 0 Å². The molecule has 2 unspecified atom stereocenters. The summed E-state index contributed by atoms with van der Waals surface area (Å²) >= 11 is 1.93. The number of hydrogen-bond acceptors (Lipinski definition) is 5. The molecule has 0 aromatic rings. The molecule has 6 N–H and O–H groups in total. The Balaban J connectivity index is -0.00000108. The van der Waals surface area contributed by atoms with Gasteiger partial charge in [-0.05, 0) is 31.3 Å². The van der Waals surface area contributed by atoms with Gasteiger partial charge in [-0.25, -0.2) is 0 Å². The van der Waals surface area contributed by atoms with Gasteiger partial charge in [-0.15, -0.1) is 9.42 Å². The summed E-state index contributed by atoms with van der Waals surface area (Å²) in [6.07, 6.45) is 20.3. The SMILES string of the molecule is CC(O)C[NH3+].CCCCCCCCCCCCCCCCSCCCO[P+](=O)O.[OH-]. The van der Waals surface area contributed by atoms with Crippen molar-refractivity contribution in [2.75, 3.05) is 24.7 Å². The number of quaternary nitrogens is 1. The highest BCUT2D eigenvalue weighted by Crippen LogP contribution is 2.16. The molecule has 0 aliphatic carbocycles. The largest absolute Gasteiger partial charge is 0.870 e. The standard InChI is InChI=1S/C19H39O3PS.C3H9NO.H2O/c1-2-3-4-5-6-7-8-9-10-11-12-13-14-15-18-24-19-16-17-22-23(20)21;1-3(5)2-4;/h2-19H2,1H3;3,5H,2,4H2,1H3;1H2/p+1. The van der Waals surface area contributed by atoms with Crippen LogP contribution in [0.15, 0.2) is 0 Å². The molecular weight excluding hydrogens is 421 g/mol. The van der Waals surface area contributed by atoms with E-state index in [0.717, 1.165) is 12.2 Å². The van der Waals surface area contributed by atoms with Gasteiger partial charge in [-0.2, -0.15) is 11.8 Å². The summed E-state index contributed by atoms with van der Waals surface area (Å²) in [5, 5.41) is 8.30. The molecule has 0 fully saturated rings. The molecule has 0 aromatic carbocycles. The van der Waals surface area contributed by atoms with E-state index >= 15 is 0 Å². The van der Waals surface area contributed by atoms with Gasteiger partial charge in [0.25, 0.3) is 0 Å². The summed E-state index contributed by atoms with van der Waals surface area (Å²) in [6, 6.07) is 0. The zero-order valence-corrected chi connectivity index (χ0v) is 21.4. The summed E-state index contributed by atoms with van der Waals surface area (Å²) in [6.45, 7) is 5.01. The molecule has 0 saturated heterocycles. The number of aliphatic hydroxyl groups excluding tert-OH is 1. The maximum absolute atomic E-state index is 10.3. The fourth-order valence-electron chi connectivity index (χ4n) is 2.80. The first-order valence-electron chi connectivity index (χ1n) is 11.9. The van der Waals surface area contributed by atoms with Crippen LogP contribution in [0.3, 0.4) is 0 Å². The minimum atomic E-state index is -2.40. The van der Waals surface area contributed by atoms with E-state index in [1.807, 2.05) is 11.8 Å². The average Bonchev–Trinajstić information content (AvgIpc) is 2.70. The maximum atomic E-state index is 10.3. The first kappa shape index (κ1) is 34.9. The molecule has 0 heterocycles. The van der Waals surface area contributed by atoms with Crippen LogP contribution >= 0.6 is 20.0 Å². The molecular formula is C22H51NO5PS+. The van der Waals surface area contributed by atoms with Crippen LogP contribution in [0, 0.1) is 0 Å². The zero-order chi connectivity index (χ0) is 22.0. The predicted molar refractivity (Wildman–Crippen MR) is 129 cm³/mol. The molecule has 0 aliphatic rings. The van der Waals surface area contributed by atoms with Crippen LogP contribution in [0.1, 0.15) is 110 Å². The van der Waals surface area contributed by atoms with Crippen molar-refractivity contribution in [1.82, 2.24) is 0 Å². The minimum Gasteiger partial charge on any atom is -0.870 e. The third-order valence-electron chi connectivity index (χ3n) is 4.69. The number of unbranched alkanes of at least 4 members (excludes halogenated alkanes) is 13. The molecule has 0 spiro atoms. The molecule has 184 valence electrons. The van der Waals surface area contributed by atoms with Gasteiger partial charge < -0.3 is 16.3 Å². The topological polar surface area (TPSA) is 124 Å². The van der Waals surface area contributed by atoms with Crippen molar-refractivity contribution in [2.45, 2.75) is 116 Å². The van der Waals surface area contributed by atoms with E-state index < -0.39 is 8.25 Å². The molecule has 0 aromatic heterocycles. The third-order valence-corrected chi connectivity index (χ3v) is 6.25. The van der Waals surface area contributed by atoms with Crippen molar-refractivity contribution < 1.29 is 30.3 Å². The van der Waals surface area contributed by atoms with Crippen molar-refractivity contribution in [3.8, 4) is 0 Å². The van der Waals surface area contributed by atoms with Gasteiger partial charge in [-0.1, -0.05) is 90.4 Å². The van der Waals surface area contributed by atoms with Crippen molar-refractivity contribution >= 4 is 20.0 Å². The van der Waals surface area contributed by atoms with E-state index in [-0.39, 0.29) is 11.6 Å². The molecule has 0 amide bonds. The van der Waals surface area contributed by atoms with E-state index in [1.165, 1.54) is 95.6 Å². The van der Waals surface area contributed by atoms with Crippen molar-refractivity contribution in [2.24, 2.45) is 0 Å². The molecule has 0 bridgehead atoms. The summed E-state index contributed by atoms with van der Waals surface area (Å²) in [7, 11) is -2.40. The van der Waals surface area contributed by atoms with Crippen molar-refractivity contribution in [3.05, 3.63) is 0 Å². The van der Waals surface area contributed by atoms with Gasteiger partial charge in [0.2, 0.25) is 0 Å². The van der Waals surface area contributed by atoms with Crippen LogP contribution < -0.4 is 5.73 Å². The van der Waals surface area contributed by atoms with Crippen LogP contribution in [0.25, 0.3) is 0 Å². The number of hydrogen-bond donors (Lipinski definition) is 3. The summed E-state index contributed by atoms with van der Waals surface area (Å²) in [4.78, 5) is 8.48. The lowest BCUT2D eigenvalue weighted by Crippen LogP contribution is -2.54. The molecule has 8 heteroatoms. The second-order valence-electron chi connectivity index (χ2n) is 7.77. The summed E-state index contributed by atoms with van der Waals surface area (Å²) in [5.41, 5.74) is 3.44. The van der Waals surface area contributed by atoms with Crippen LogP contribution in [0.5, 0.6) is 0 Å². The Morgan fingerprint density at radius 2 is 1.20 bits per heavy atom. The molecule has 0 aliphatic heterocycles. The predicted octanol–water partition coefficient (Wildman–Crippen LogP) is 5.69. The fourth-order valence-corrected chi connectivity index (χ4v) is 4.02. The van der Waals surface area contributed by atoms with Gasteiger partial charge in [0.05, 0.1) is 6.10 Å². The quantitative estimate of drug-likeness (QED) is 0.146. The van der Waals surface area contributed by atoms with Gasteiger partial charge in [0.15, 0.2) is 0 Å². The Hall–Kier alpha value is 0.250. The fraction of sp³-hybridized carbons (Fsp3) is 1.00. The van der Waals surface area contributed by atoms with E-state index in [0.29, 0.717) is 13.2 Å². The second kappa shape index (κ2) is 31.4. The number of thioether (sulfide) groups is 1. The minimum absolute atomic E-state index is 0. The monoisotopic (exact) mass is 472 g/mol. The van der Waals surface area contributed by atoms with Crippen LogP contribution in [-0.4, -0.2) is 46.2 Å². The van der Waals surface area contributed by atoms with Gasteiger partial charge in [-0.3, -0.25) is 0 Å². The lowest BCUT2D eigenvalue weighted by molar-refractivity contribution is -0.382. The number of rotatable bonds is 21. The van der Waals surface area contributed by atoms with E-state index in [4.69, 9.17) is 10.00 Å². The Morgan fingerprint density at radius 1 is 0.833 bits per heavy atom. The van der Waals surface area contributed by atoms with E-state index in [1.54, 1.807) is 6.92 Å². The molecule has 0 radical (unpaired) electrons. The Morgan fingerprint density at radius 3 is 1.57 bits per heavy atom. The van der Waals surface area contributed by atoms with E-state index in [9.17, 15) is 4.57 Å². The highest BCUT2D eigenvalue weighted by Gasteiger charge is 2.09. The van der Waals surface area contributed by atoms with Gasteiger partial charge >= 0.3 is 8.25 Å². The highest BCUT2D eigenvalue weighted by molar-refractivity contribution is 7.99. The van der Waals surface area contributed by atoms with Crippen molar-refractivity contribution in [3.63, 3.8) is 0 Å². The van der Waals surface area contributed by atoms with Crippen LogP contribution in [-0.2, 0) is 9.09 Å². The smallest absolute Gasteiger partial charge is 0.694 e. The molecule has 6 nitrogen and oxygen atoms in total. The second-order valence-corrected chi connectivity index (χ2v) is 9.73. The summed E-state index contributed by atoms with van der Waals surface area (Å²) < 4.78 is 14.9. The first-order valence-corrected chi connectivity index (χ1v) is 14.2. The Kier molecular flexibility index (Phi) is 36.5. The molecule has 0 rings (SSSR count). The number of aliphatic hydroxyl groups is 1. The Labute approximate surface area is 191 Å². The maximum Gasteiger partial charge on any atom is 0.694 e. The van der Waals surface area contributed by atoms with Gasteiger partial charge in [0.1, 0.15) is 13.2 Å². The highest BCUT2D eigenvalue weighted by atomic mass is 32.2. The average molecular weight is 473 g/mol. The molecule has 0 saturated carbocycles. The third kappa shape index (κ3) is 38.8. The normalized spacial score (nSPS) is 12.0. The van der Waals surface area contributed by atoms with Crippen LogP contribution in [0.4, 0.5) is 0 Å². The lowest BCUT2D eigenvalue weighted by Gasteiger charge is -2.03. The first-order chi connectivity index (χ1) is 14.0. The zero-order valence-electron chi connectivity index (χ0n) is 19.7. The van der Waals surface area contributed by atoms with Crippen molar-refractivity contribution in [1.29, 1.82) is 0 Å². The van der Waals surface area contributed by atoms with E-state index in [2.05, 4.69) is 17.2 Å². The Bertz CT molecular complexity index is 326. The molecule has 2 atom stereocenters. The molecule has 30 heavy (non-hydrogen) atoms. The lowest BCUT2D eigenvalue weighted by atomic mass is 10.0. The van der Waals surface area contributed by atoms with Gasteiger partial charge in [0, 0.05) is 4.57 Å².